The maximum atomic E-state index is 13.3. The van der Waals surface area contributed by atoms with Crippen LogP contribution >= 0.6 is 11.6 Å². The Balaban J connectivity index is 2.66. The van der Waals surface area contributed by atoms with E-state index >= 15 is 0 Å². The van der Waals surface area contributed by atoms with Gasteiger partial charge < -0.3 is 5.11 Å². The summed E-state index contributed by atoms with van der Waals surface area (Å²) in [4.78, 5) is 0. The number of hydrogen-bond donors (Lipinski definition) is 1. The molecule has 0 aliphatic rings. The predicted molar refractivity (Wildman–Crippen MR) is 66.9 cm³/mol. The second kappa shape index (κ2) is 5.07. The summed E-state index contributed by atoms with van der Waals surface area (Å²) in [7, 11) is 0. The summed E-state index contributed by atoms with van der Waals surface area (Å²) in [6, 6.07) is 8.34. The molecule has 6 heteroatoms. The number of benzene rings is 2. The van der Waals surface area contributed by atoms with Crippen molar-refractivity contribution >= 4 is 11.6 Å². The van der Waals surface area contributed by atoms with Crippen LogP contribution in [0.25, 0.3) is 0 Å². The highest BCUT2D eigenvalue weighted by Gasteiger charge is 2.56. The molecule has 0 aliphatic heterocycles. The Labute approximate surface area is 117 Å². The molecule has 1 unspecified atom stereocenters. The lowest BCUT2D eigenvalue weighted by atomic mass is 9.85. The van der Waals surface area contributed by atoms with E-state index in [1.54, 1.807) is 0 Å². The SMILES string of the molecule is OC(c1ccc(F)cc1)(c1cccc(Cl)c1)C(F)(F)F. The topological polar surface area (TPSA) is 20.2 Å². The minimum absolute atomic E-state index is 0.0623. The maximum Gasteiger partial charge on any atom is 0.425 e. The Kier molecular flexibility index (Phi) is 3.75. The fourth-order valence-electron chi connectivity index (χ4n) is 1.90. The van der Waals surface area contributed by atoms with Crippen molar-refractivity contribution in [2.75, 3.05) is 0 Å². The van der Waals surface area contributed by atoms with E-state index in [-0.39, 0.29) is 5.02 Å². The van der Waals surface area contributed by atoms with Gasteiger partial charge in [-0.25, -0.2) is 4.39 Å². The first-order valence-corrected chi connectivity index (χ1v) is 5.94. The van der Waals surface area contributed by atoms with Gasteiger partial charge in [0.15, 0.2) is 0 Å². The van der Waals surface area contributed by atoms with Crippen LogP contribution < -0.4 is 0 Å². The minimum Gasteiger partial charge on any atom is -0.372 e. The second-order valence-electron chi connectivity index (χ2n) is 4.23. The van der Waals surface area contributed by atoms with Gasteiger partial charge in [0.2, 0.25) is 5.60 Å². The van der Waals surface area contributed by atoms with Gasteiger partial charge in [0.05, 0.1) is 0 Å². The Morgan fingerprint density at radius 3 is 2.00 bits per heavy atom. The average molecular weight is 305 g/mol. The van der Waals surface area contributed by atoms with Crippen LogP contribution in [0.1, 0.15) is 11.1 Å². The number of rotatable bonds is 2. The first kappa shape index (κ1) is 14.8. The van der Waals surface area contributed by atoms with Crippen molar-refractivity contribution in [2.45, 2.75) is 11.8 Å². The van der Waals surface area contributed by atoms with Crippen molar-refractivity contribution < 1.29 is 22.7 Å². The molecule has 0 spiro atoms. The van der Waals surface area contributed by atoms with Gasteiger partial charge in [0.1, 0.15) is 5.82 Å². The van der Waals surface area contributed by atoms with E-state index in [9.17, 15) is 22.7 Å². The van der Waals surface area contributed by atoms with E-state index in [4.69, 9.17) is 11.6 Å². The van der Waals surface area contributed by atoms with Gasteiger partial charge in [-0.15, -0.1) is 0 Å². The fraction of sp³-hybridized carbons (Fsp3) is 0.143. The minimum atomic E-state index is -4.98. The second-order valence-corrected chi connectivity index (χ2v) is 4.66. The van der Waals surface area contributed by atoms with Gasteiger partial charge in [0.25, 0.3) is 0 Å². The number of halogens is 5. The molecule has 1 atom stereocenters. The van der Waals surface area contributed by atoms with Gasteiger partial charge in [-0.05, 0) is 35.4 Å². The van der Waals surface area contributed by atoms with Crippen LogP contribution in [0, 0.1) is 5.82 Å². The summed E-state index contributed by atoms with van der Waals surface area (Å²) < 4.78 is 52.8. The van der Waals surface area contributed by atoms with Crippen LogP contribution in [0.3, 0.4) is 0 Å². The van der Waals surface area contributed by atoms with Crippen LogP contribution in [0.5, 0.6) is 0 Å². The molecule has 0 amide bonds. The van der Waals surface area contributed by atoms with Crippen molar-refractivity contribution in [1.29, 1.82) is 0 Å². The molecule has 1 N–H and O–H groups in total. The quantitative estimate of drug-likeness (QED) is 0.821. The van der Waals surface area contributed by atoms with E-state index in [0.717, 1.165) is 36.4 Å². The molecule has 2 aromatic carbocycles. The Hall–Kier alpha value is -1.59. The van der Waals surface area contributed by atoms with E-state index in [1.165, 1.54) is 12.1 Å². The molecule has 0 fully saturated rings. The summed E-state index contributed by atoms with van der Waals surface area (Å²) in [5, 5.41) is 10.3. The molecule has 0 heterocycles. The summed E-state index contributed by atoms with van der Waals surface area (Å²) in [5.74, 6) is -0.690. The lowest BCUT2D eigenvalue weighted by molar-refractivity contribution is -0.248. The van der Waals surface area contributed by atoms with Crippen molar-refractivity contribution in [1.82, 2.24) is 0 Å². The van der Waals surface area contributed by atoms with Crippen LogP contribution in [0.2, 0.25) is 5.02 Å². The third-order valence-corrected chi connectivity index (χ3v) is 3.15. The van der Waals surface area contributed by atoms with Gasteiger partial charge >= 0.3 is 6.18 Å². The summed E-state index contributed by atoms with van der Waals surface area (Å²) in [6.45, 7) is 0. The van der Waals surface area contributed by atoms with E-state index in [0.29, 0.717) is 0 Å². The van der Waals surface area contributed by atoms with Crippen molar-refractivity contribution in [2.24, 2.45) is 0 Å². The lowest BCUT2D eigenvalue weighted by Gasteiger charge is -2.31. The summed E-state index contributed by atoms with van der Waals surface area (Å²) >= 11 is 5.68. The number of alkyl halides is 3. The highest BCUT2D eigenvalue weighted by Crippen LogP contribution is 2.44. The van der Waals surface area contributed by atoms with E-state index < -0.39 is 28.7 Å². The lowest BCUT2D eigenvalue weighted by Crippen LogP contribution is -2.43. The zero-order valence-electron chi connectivity index (χ0n) is 9.96. The standard InChI is InChI=1S/C14H9ClF4O/c15-11-3-1-2-10(8-11)13(20,14(17,18)19)9-4-6-12(16)7-5-9/h1-8,20H. The first-order chi connectivity index (χ1) is 9.25. The van der Waals surface area contributed by atoms with E-state index in [1.807, 2.05) is 0 Å². The number of aliphatic hydroxyl groups is 1. The van der Waals surface area contributed by atoms with Gasteiger partial charge in [0, 0.05) is 5.02 Å². The third-order valence-electron chi connectivity index (χ3n) is 2.91. The summed E-state index contributed by atoms with van der Waals surface area (Å²) in [6.07, 6.45) is -4.98. The highest BCUT2D eigenvalue weighted by atomic mass is 35.5. The van der Waals surface area contributed by atoms with Crippen LogP contribution in [0.4, 0.5) is 17.6 Å². The molecular formula is C14H9ClF4O. The largest absolute Gasteiger partial charge is 0.425 e. The average Bonchev–Trinajstić information content (AvgIpc) is 2.37. The molecule has 0 saturated heterocycles. The number of hydrogen-bond acceptors (Lipinski definition) is 1. The monoisotopic (exact) mass is 304 g/mol. The van der Waals surface area contributed by atoms with Crippen molar-refractivity contribution in [3.63, 3.8) is 0 Å². The van der Waals surface area contributed by atoms with Gasteiger partial charge in [-0.1, -0.05) is 35.9 Å². The van der Waals surface area contributed by atoms with Gasteiger partial charge in [-0.3, -0.25) is 0 Å². The molecule has 1 nitrogen and oxygen atoms in total. The Morgan fingerprint density at radius 2 is 1.50 bits per heavy atom. The van der Waals surface area contributed by atoms with E-state index in [2.05, 4.69) is 0 Å². The molecule has 2 aromatic rings. The highest BCUT2D eigenvalue weighted by molar-refractivity contribution is 6.30. The fourth-order valence-corrected chi connectivity index (χ4v) is 2.09. The Morgan fingerprint density at radius 1 is 0.900 bits per heavy atom. The van der Waals surface area contributed by atoms with Crippen molar-refractivity contribution in [3.8, 4) is 0 Å². The Bertz CT molecular complexity index is 609. The zero-order chi connectivity index (χ0) is 15.0. The molecular weight excluding hydrogens is 296 g/mol. The first-order valence-electron chi connectivity index (χ1n) is 5.56. The van der Waals surface area contributed by atoms with Crippen molar-refractivity contribution in [3.05, 3.63) is 70.5 Å². The van der Waals surface area contributed by atoms with Crippen LogP contribution in [-0.2, 0) is 5.60 Å². The molecule has 0 saturated carbocycles. The molecule has 106 valence electrons. The molecule has 0 radical (unpaired) electrons. The molecule has 0 aliphatic carbocycles. The van der Waals surface area contributed by atoms with Crippen LogP contribution in [0.15, 0.2) is 48.5 Å². The predicted octanol–water partition coefficient (Wildman–Crippen LogP) is 4.28. The molecule has 0 aromatic heterocycles. The van der Waals surface area contributed by atoms with Gasteiger partial charge in [-0.2, -0.15) is 13.2 Å². The molecule has 0 bridgehead atoms. The third kappa shape index (κ3) is 2.51. The normalized spacial score (nSPS) is 14.9. The summed E-state index contributed by atoms with van der Waals surface area (Å²) in [5.41, 5.74) is -4.15. The molecule has 20 heavy (non-hydrogen) atoms. The molecule has 2 rings (SSSR count). The zero-order valence-corrected chi connectivity index (χ0v) is 10.7. The van der Waals surface area contributed by atoms with Crippen LogP contribution in [-0.4, -0.2) is 11.3 Å². The maximum absolute atomic E-state index is 13.3. The smallest absolute Gasteiger partial charge is 0.372 e.